The van der Waals surface area contributed by atoms with Crippen molar-refractivity contribution >= 4 is 50.6 Å². The maximum Gasteiger partial charge on any atom is 2.00 e. The summed E-state index contributed by atoms with van der Waals surface area (Å²) in [6, 6.07) is 24.2. The molecule has 1 radical (unpaired) electrons. The molecule has 4 heterocycles. The van der Waals surface area contributed by atoms with Crippen LogP contribution in [-0.4, -0.2) is 44.3 Å². The molecule has 0 spiro atoms. The predicted molar refractivity (Wildman–Crippen MR) is 159 cm³/mol. The van der Waals surface area contributed by atoms with E-state index in [4.69, 9.17) is 14.6 Å². The zero-order chi connectivity index (χ0) is 32.1. The molecular formula is C33H23CuN3O9. The van der Waals surface area contributed by atoms with E-state index in [9.17, 15) is 29.4 Å². The third-order valence-electron chi connectivity index (χ3n) is 6.76. The average molecular weight is 669 g/mol. The van der Waals surface area contributed by atoms with E-state index in [1.54, 1.807) is 41.0 Å². The third-order valence-corrected chi connectivity index (χ3v) is 6.76. The molecule has 0 unspecified atom stereocenters. The van der Waals surface area contributed by atoms with Crippen molar-refractivity contribution in [1.29, 1.82) is 0 Å². The second kappa shape index (κ2) is 14.3. The zero-order valence-electron chi connectivity index (χ0n) is 23.9. The van der Waals surface area contributed by atoms with Gasteiger partial charge in [0.2, 0.25) is 12.2 Å². The van der Waals surface area contributed by atoms with Gasteiger partial charge in [0.1, 0.15) is 5.56 Å². The molecule has 1 N–H and O–H groups in total. The molecule has 0 fully saturated rings. The van der Waals surface area contributed by atoms with E-state index in [1.165, 1.54) is 18.3 Å². The number of nitrogens with zero attached hydrogens (tertiary/aromatic N) is 3. The third kappa shape index (κ3) is 7.12. The summed E-state index contributed by atoms with van der Waals surface area (Å²) >= 11 is 0. The van der Waals surface area contributed by atoms with Gasteiger partial charge in [-0.1, -0.05) is 48.5 Å². The van der Waals surface area contributed by atoms with Crippen molar-refractivity contribution in [2.24, 2.45) is 0 Å². The van der Waals surface area contributed by atoms with Crippen molar-refractivity contribution in [1.82, 2.24) is 14.5 Å². The summed E-state index contributed by atoms with van der Waals surface area (Å²) in [4.78, 5) is 52.0. The Bertz CT molecular complexity index is 2080. The second-order valence-electron chi connectivity index (χ2n) is 9.54. The molecule has 6 aromatic rings. The summed E-state index contributed by atoms with van der Waals surface area (Å²) in [5.74, 6) is -2.68. The van der Waals surface area contributed by atoms with Gasteiger partial charge in [-0.3, -0.25) is 4.79 Å². The van der Waals surface area contributed by atoms with Gasteiger partial charge in [0.05, 0.1) is 45.3 Å². The summed E-state index contributed by atoms with van der Waals surface area (Å²) in [7, 11) is 0. The number of hydrogen-bond donors (Lipinski definition) is 1. The van der Waals surface area contributed by atoms with Gasteiger partial charge in [0.25, 0.3) is 0 Å². The first-order valence-electron chi connectivity index (χ1n) is 13.5. The maximum atomic E-state index is 12.1. The van der Waals surface area contributed by atoms with E-state index >= 15 is 0 Å². The minimum atomic E-state index is -1.24. The number of benzene rings is 3. The van der Waals surface area contributed by atoms with Gasteiger partial charge in [0.15, 0.2) is 11.5 Å². The number of carboxylic acid groups (broad SMARTS) is 3. The standard InChI is InChI=1S/C13H11NO5.2C10H7NO2.Cu/c1-2-14-5-8(13(16)17)12(15)7-3-10-11(4-9(7)14)19-6-18-10;2*12-10(13)9-6-5-7-3-1-2-4-8(7)11-9;/h3-5H,2,6H2,1H3,(H,16,17);2*1-6H,(H,12,13);/q;;;+2/p-2. The van der Waals surface area contributed by atoms with Crippen molar-refractivity contribution in [3.8, 4) is 11.5 Å². The van der Waals surface area contributed by atoms with E-state index in [2.05, 4.69) is 9.97 Å². The Hall–Kier alpha value is -5.78. The molecule has 0 aliphatic carbocycles. The summed E-state index contributed by atoms with van der Waals surface area (Å²) in [5, 5.41) is 32.2. The number of carbonyl (C=O) groups is 3. The number of fused-ring (bicyclic) bond motifs is 4. The number of ether oxygens (including phenoxy) is 2. The molecule has 13 heteroatoms. The molecule has 235 valence electrons. The Morgan fingerprint density at radius 1 is 0.804 bits per heavy atom. The fourth-order valence-electron chi connectivity index (χ4n) is 4.55. The van der Waals surface area contributed by atoms with Gasteiger partial charge in [-0.2, -0.15) is 0 Å². The van der Waals surface area contributed by atoms with Crippen LogP contribution in [0.25, 0.3) is 32.7 Å². The molecule has 3 aromatic heterocycles. The van der Waals surface area contributed by atoms with Crippen LogP contribution in [0.5, 0.6) is 11.5 Å². The largest absolute Gasteiger partial charge is 2.00 e. The molecule has 7 rings (SSSR count). The molecule has 3 aromatic carbocycles. The Kier molecular flexibility index (Phi) is 10.3. The Morgan fingerprint density at radius 2 is 1.30 bits per heavy atom. The van der Waals surface area contributed by atoms with Crippen LogP contribution in [0.4, 0.5) is 0 Å². The van der Waals surface area contributed by atoms with Crippen molar-refractivity contribution in [2.45, 2.75) is 13.5 Å². The fourth-order valence-corrected chi connectivity index (χ4v) is 4.55. The quantitative estimate of drug-likeness (QED) is 0.272. The monoisotopic (exact) mass is 668 g/mol. The van der Waals surface area contributed by atoms with Gasteiger partial charge < -0.3 is 38.9 Å². The number of rotatable bonds is 4. The normalized spacial score (nSPS) is 11.1. The van der Waals surface area contributed by atoms with Crippen LogP contribution in [0, 0.1) is 0 Å². The van der Waals surface area contributed by atoms with Crippen molar-refractivity contribution in [3.05, 3.63) is 118 Å². The van der Waals surface area contributed by atoms with Crippen molar-refractivity contribution in [3.63, 3.8) is 0 Å². The number of aromatic nitrogens is 3. The first-order chi connectivity index (χ1) is 21.7. The zero-order valence-corrected chi connectivity index (χ0v) is 24.9. The van der Waals surface area contributed by atoms with E-state index in [0.717, 1.165) is 10.8 Å². The van der Waals surface area contributed by atoms with Crippen LogP contribution >= 0.6 is 0 Å². The minimum absolute atomic E-state index is 0. The minimum Gasteiger partial charge on any atom is -0.543 e. The number of carbonyl (C=O) groups excluding carboxylic acids is 2. The van der Waals surface area contributed by atoms with Gasteiger partial charge in [-0.05, 0) is 37.3 Å². The Labute approximate surface area is 271 Å². The smallest absolute Gasteiger partial charge is 0.543 e. The first kappa shape index (κ1) is 33.1. The van der Waals surface area contributed by atoms with Crippen molar-refractivity contribution < 1.29 is 56.2 Å². The van der Waals surface area contributed by atoms with Gasteiger partial charge in [-0.15, -0.1) is 0 Å². The topological polar surface area (TPSA) is 184 Å². The maximum absolute atomic E-state index is 12.1. The molecule has 0 saturated carbocycles. The van der Waals surface area contributed by atoms with Crippen LogP contribution in [0.1, 0.15) is 38.3 Å². The summed E-state index contributed by atoms with van der Waals surface area (Å²) in [6.07, 6.45) is 1.36. The molecule has 0 bridgehead atoms. The van der Waals surface area contributed by atoms with Gasteiger partial charge >= 0.3 is 23.0 Å². The summed E-state index contributed by atoms with van der Waals surface area (Å²) in [5.41, 5.74) is 1.17. The van der Waals surface area contributed by atoms with Crippen LogP contribution in [0.2, 0.25) is 0 Å². The molecule has 1 aliphatic rings. The molecule has 1 aliphatic heterocycles. The molecule has 0 saturated heterocycles. The van der Waals surface area contributed by atoms with Crippen LogP contribution in [0.15, 0.2) is 95.9 Å². The van der Waals surface area contributed by atoms with E-state index in [1.807, 2.05) is 43.3 Å². The van der Waals surface area contributed by atoms with E-state index in [0.29, 0.717) is 40.0 Å². The number of para-hydroxylation sites is 2. The molecular weight excluding hydrogens is 646 g/mol. The Morgan fingerprint density at radius 3 is 1.78 bits per heavy atom. The van der Waals surface area contributed by atoms with E-state index < -0.39 is 23.3 Å². The van der Waals surface area contributed by atoms with Crippen LogP contribution in [0.3, 0.4) is 0 Å². The first-order valence-corrected chi connectivity index (χ1v) is 13.5. The predicted octanol–water partition coefficient (Wildman–Crippen LogP) is 2.64. The fraction of sp³-hybridized carbons (Fsp3) is 0.0909. The molecule has 46 heavy (non-hydrogen) atoms. The van der Waals surface area contributed by atoms with E-state index in [-0.39, 0.29) is 40.8 Å². The number of carboxylic acids is 3. The number of aromatic carboxylic acids is 3. The van der Waals surface area contributed by atoms with Crippen LogP contribution < -0.4 is 25.1 Å². The van der Waals surface area contributed by atoms with Crippen LogP contribution in [-0.2, 0) is 23.6 Å². The Balaban J connectivity index is 0.000000159. The van der Waals surface area contributed by atoms with Crippen molar-refractivity contribution in [2.75, 3.05) is 6.79 Å². The summed E-state index contributed by atoms with van der Waals surface area (Å²) in [6.45, 7) is 2.54. The molecule has 0 atom stereocenters. The average Bonchev–Trinajstić information content (AvgIpc) is 3.52. The number of aryl methyl sites for hydroxylation is 1. The summed E-state index contributed by atoms with van der Waals surface area (Å²) < 4.78 is 12.2. The molecule has 0 amide bonds. The SMILES string of the molecule is CCn1cc(C(=O)O)c(=O)c2cc3c(cc21)OCO3.O=C([O-])c1ccc2ccccc2n1.O=C([O-])c1ccc2ccccc2n1.[Cu+2]. The van der Waals surface area contributed by atoms with Gasteiger partial charge in [-0.25, -0.2) is 14.8 Å². The number of pyridine rings is 3. The van der Waals surface area contributed by atoms with Gasteiger partial charge in [0, 0.05) is 29.6 Å². The number of hydrogen-bond acceptors (Lipinski definition) is 10. The second-order valence-corrected chi connectivity index (χ2v) is 9.54. The molecule has 12 nitrogen and oxygen atoms in total.